The smallest absolute Gasteiger partial charge is 0.317 e. The molecule has 1 aliphatic rings. The van der Waals surface area contributed by atoms with Crippen LogP contribution in [0.25, 0.3) is 0 Å². The third-order valence-corrected chi connectivity index (χ3v) is 3.48. The third-order valence-electron chi connectivity index (χ3n) is 3.48. The van der Waals surface area contributed by atoms with Gasteiger partial charge in [0.1, 0.15) is 0 Å². The Morgan fingerprint density at radius 1 is 1.25 bits per heavy atom. The first-order valence-corrected chi connectivity index (χ1v) is 6.66. The Bertz CT molecular complexity index is 200. The highest BCUT2D eigenvalue weighted by Gasteiger charge is 2.15. The Morgan fingerprint density at radius 2 is 1.94 bits per heavy atom. The molecule has 3 heteroatoms. The Hall–Kier alpha value is -0.570. The normalized spacial score (nSPS) is 17.9. The number of nitrogens with zero attached hydrogens (tertiary/aromatic N) is 1. The second-order valence-electron chi connectivity index (χ2n) is 4.96. The van der Waals surface area contributed by atoms with E-state index in [2.05, 4.69) is 11.8 Å². The fourth-order valence-electron chi connectivity index (χ4n) is 2.62. The van der Waals surface area contributed by atoms with Gasteiger partial charge in [0.05, 0.1) is 6.54 Å². The number of hydrogen-bond acceptors (Lipinski definition) is 2. The minimum atomic E-state index is -0.697. The molecule has 3 nitrogen and oxygen atoms in total. The predicted octanol–water partition coefficient (Wildman–Crippen LogP) is 2.75. The maximum absolute atomic E-state index is 10.7. The molecule has 1 fully saturated rings. The van der Waals surface area contributed by atoms with Crippen molar-refractivity contribution in [2.45, 2.75) is 51.9 Å². The number of carboxylic acid groups (broad SMARTS) is 1. The molecular formula is C13H25NO2. The number of carbonyl (C=O) groups is 1. The van der Waals surface area contributed by atoms with Crippen LogP contribution < -0.4 is 0 Å². The first-order chi connectivity index (χ1) is 7.72. The van der Waals surface area contributed by atoms with Crippen LogP contribution in [0.4, 0.5) is 0 Å². The molecule has 0 radical (unpaired) electrons. The zero-order valence-corrected chi connectivity index (χ0v) is 10.5. The van der Waals surface area contributed by atoms with Crippen molar-refractivity contribution in [2.24, 2.45) is 5.92 Å². The lowest BCUT2D eigenvalue weighted by Crippen LogP contribution is -2.32. The van der Waals surface area contributed by atoms with Gasteiger partial charge in [-0.2, -0.15) is 0 Å². The van der Waals surface area contributed by atoms with Gasteiger partial charge in [0.2, 0.25) is 0 Å². The second-order valence-corrected chi connectivity index (χ2v) is 4.96. The molecule has 16 heavy (non-hydrogen) atoms. The summed E-state index contributed by atoms with van der Waals surface area (Å²) in [6, 6.07) is 0. The van der Waals surface area contributed by atoms with Gasteiger partial charge in [-0.3, -0.25) is 9.69 Å². The van der Waals surface area contributed by atoms with E-state index in [-0.39, 0.29) is 6.54 Å². The maximum Gasteiger partial charge on any atom is 0.317 e. The average molecular weight is 227 g/mol. The van der Waals surface area contributed by atoms with Crippen LogP contribution in [-0.4, -0.2) is 35.6 Å². The van der Waals surface area contributed by atoms with Crippen molar-refractivity contribution in [3.05, 3.63) is 0 Å². The van der Waals surface area contributed by atoms with Crippen LogP contribution in [0.3, 0.4) is 0 Å². The van der Waals surface area contributed by atoms with Gasteiger partial charge >= 0.3 is 5.97 Å². The SMILES string of the molecule is CCCN(CCC1CCCCC1)CC(=O)O. The molecule has 0 aromatic rings. The lowest BCUT2D eigenvalue weighted by Gasteiger charge is -2.25. The molecule has 94 valence electrons. The van der Waals surface area contributed by atoms with Crippen molar-refractivity contribution in [1.29, 1.82) is 0 Å². The van der Waals surface area contributed by atoms with Crippen LogP contribution in [0.5, 0.6) is 0 Å². The van der Waals surface area contributed by atoms with Gasteiger partial charge in [-0.25, -0.2) is 0 Å². The molecule has 1 aliphatic carbocycles. The number of aliphatic carboxylic acids is 1. The molecule has 0 aromatic heterocycles. The first kappa shape index (κ1) is 13.5. The topological polar surface area (TPSA) is 40.5 Å². The van der Waals surface area contributed by atoms with E-state index in [0.29, 0.717) is 0 Å². The van der Waals surface area contributed by atoms with E-state index in [1.807, 2.05) is 0 Å². The largest absolute Gasteiger partial charge is 0.480 e. The molecule has 0 spiro atoms. The molecule has 0 unspecified atom stereocenters. The molecule has 0 bridgehead atoms. The molecule has 0 aliphatic heterocycles. The summed E-state index contributed by atoms with van der Waals surface area (Å²) in [5.74, 6) is 0.152. The summed E-state index contributed by atoms with van der Waals surface area (Å²) in [4.78, 5) is 12.8. The van der Waals surface area contributed by atoms with Crippen LogP contribution >= 0.6 is 0 Å². The van der Waals surface area contributed by atoms with Crippen molar-refractivity contribution < 1.29 is 9.90 Å². The average Bonchev–Trinajstić information content (AvgIpc) is 2.27. The van der Waals surface area contributed by atoms with Crippen molar-refractivity contribution in [3.8, 4) is 0 Å². The van der Waals surface area contributed by atoms with Gasteiger partial charge in [0.15, 0.2) is 0 Å². The third kappa shape index (κ3) is 5.50. The molecule has 1 N–H and O–H groups in total. The Balaban J connectivity index is 2.21. The highest BCUT2D eigenvalue weighted by molar-refractivity contribution is 5.69. The number of rotatable bonds is 7. The van der Waals surface area contributed by atoms with Crippen LogP contribution in [0, 0.1) is 5.92 Å². The molecule has 0 saturated heterocycles. The standard InChI is InChI=1S/C13H25NO2/c1-2-9-14(11-13(15)16)10-8-12-6-4-3-5-7-12/h12H,2-11H2,1H3,(H,15,16). The van der Waals surface area contributed by atoms with Gasteiger partial charge in [0.25, 0.3) is 0 Å². The summed E-state index contributed by atoms with van der Waals surface area (Å²) >= 11 is 0. The second kappa shape index (κ2) is 7.66. The van der Waals surface area contributed by atoms with E-state index >= 15 is 0 Å². The Kier molecular flexibility index (Phi) is 6.46. The summed E-state index contributed by atoms with van der Waals surface area (Å²) in [6.07, 6.45) is 9.07. The van der Waals surface area contributed by atoms with Crippen molar-refractivity contribution in [1.82, 2.24) is 4.90 Å². The fraction of sp³-hybridized carbons (Fsp3) is 0.923. The summed E-state index contributed by atoms with van der Waals surface area (Å²) in [7, 11) is 0. The summed E-state index contributed by atoms with van der Waals surface area (Å²) in [5, 5.41) is 8.81. The molecule has 0 amide bonds. The molecule has 0 aromatic carbocycles. The van der Waals surface area contributed by atoms with Gasteiger partial charge in [-0.05, 0) is 31.8 Å². The van der Waals surface area contributed by atoms with Gasteiger partial charge in [-0.15, -0.1) is 0 Å². The van der Waals surface area contributed by atoms with E-state index in [1.165, 1.54) is 38.5 Å². The molecule has 1 rings (SSSR count). The summed E-state index contributed by atoms with van der Waals surface area (Å²) < 4.78 is 0. The number of carboxylic acids is 1. The predicted molar refractivity (Wildman–Crippen MR) is 65.6 cm³/mol. The molecule has 0 heterocycles. The minimum Gasteiger partial charge on any atom is -0.480 e. The van der Waals surface area contributed by atoms with Crippen LogP contribution in [0.2, 0.25) is 0 Å². The maximum atomic E-state index is 10.7. The lowest BCUT2D eigenvalue weighted by atomic mass is 9.87. The lowest BCUT2D eigenvalue weighted by molar-refractivity contribution is -0.138. The van der Waals surface area contributed by atoms with Crippen LogP contribution in [0.15, 0.2) is 0 Å². The van der Waals surface area contributed by atoms with E-state index < -0.39 is 5.97 Å². The van der Waals surface area contributed by atoms with Crippen molar-refractivity contribution in [3.63, 3.8) is 0 Å². The van der Waals surface area contributed by atoms with Gasteiger partial charge in [0, 0.05) is 0 Å². The molecule has 0 atom stereocenters. The highest BCUT2D eigenvalue weighted by atomic mass is 16.4. The van der Waals surface area contributed by atoms with Gasteiger partial charge < -0.3 is 5.11 Å². The summed E-state index contributed by atoms with van der Waals surface area (Å²) in [5.41, 5.74) is 0. The van der Waals surface area contributed by atoms with E-state index in [0.717, 1.165) is 25.4 Å². The van der Waals surface area contributed by atoms with Crippen molar-refractivity contribution >= 4 is 5.97 Å². The zero-order valence-electron chi connectivity index (χ0n) is 10.5. The van der Waals surface area contributed by atoms with Crippen LogP contribution in [0.1, 0.15) is 51.9 Å². The highest BCUT2D eigenvalue weighted by Crippen LogP contribution is 2.26. The minimum absolute atomic E-state index is 0.209. The van der Waals surface area contributed by atoms with Crippen molar-refractivity contribution in [2.75, 3.05) is 19.6 Å². The fourth-order valence-corrected chi connectivity index (χ4v) is 2.62. The van der Waals surface area contributed by atoms with Gasteiger partial charge in [-0.1, -0.05) is 39.0 Å². The molecular weight excluding hydrogens is 202 g/mol. The summed E-state index contributed by atoms with van der Waals surface area (Å²) in [6.45, 7) is 4.19. The first-order valence-electron chi connectivity index (χ1n) is 6.66. The van der Waals surface area contributed by atoms with E-state index in [1.54, 1.807) is 0 Å². The Morgan fingerprint density at radius 3 is 2.50 bits per heavy atom. The van der Waals surface area contributed by atoms with E-state index in [9.17, 15) is 4.79 Å². The van der Waals surface area contributed by atoms with Crippen LogP contribution in [-0.2, 0) is 4.79 Å². The Labute approximate surface area is 98.8 Å². The number of hydrogen-bond donors (Lipinski definition) is 1. The molecule has 1 saturated carbocycles. The van der Waals surface area contributed by atoms with E-state index in [4.69, 9.17) is 5.11 Å². The quantitative estimate of drug-likeness (QED) is 0.727. The monoisotopic (exact) mass is 227 g/mol. The zero-order chi connectivity index (χ0) is 11.8.